The minimum absolute atomic E-state index is 0.111. The maximum Gasteiger partial charge on any atom is 0.252 e. The highest BCUT2D eigenvalue weighted by atomic mass is 79.9. The number of aryl methyl sites for hydroxylation is 1. The number of carbonyl (C=O) groups excluding carboxylic acids is 1. The largest absolute Gasteiger partial charge is 0.351 e. The normalized spacial score (nSPS) is 12.5. The van der Waals surface area contributed by atoms with Crippen LogP contribution in [0.15, 0.2) is 18.2 Å². The number of alkyl halides is 1. The highest BCUT2D eigenvalue weighted by Gasteiger charge is 2.17. The molecule has 0 saturated heterocycles. The Labute approximate surface area is 129 Å². The summed E-state index contributed by atoms with van der Waals surface area (Å²) in [5.41, 5.74) is 1.59. The second-order valence-electron chi connectivity index (χ2n) is 4.79. The van der Waals surface area contributed by atoms with Gasteiger partial charge in [-0.25, -0.2) is 0 Å². The summed E-state index contributed by atoms with van der Waals surface area (Å²) in [6.07, 6.45) is 2.21. The van der Waals surface area contributed by atoms with Crippen molar-refractivity contribution in [3.8, 4) is 0 Å². The smallest absolute Gasteiger partial charge is 0.252 e. The van der Waals surface area contributed by atoms with Gasteiger partial charge < -0.3 is 5.32 Å². The van der Waals surface area contributed by atoms with Gasteiger partial charge in [-0.3, -0.25) is 4.79 Å². The molecule has 1 rings (SSSR count). The molecule has 0 bridgehead atoms. The summed E-state index contributed by atoms with van der Waals surface area (Å²) in [7, 11) is 0. The molecule has 0 radical (unpaired) electrons. The Balaban J connectivity index is 2.60. The van der Waals surface area contributed by atoms with E-state index in [-0.39, 0.29) is 5.91 Å². The number of nitrogens with one attached hydrogen (secondary N) is 1. The average Bonchev–Trinajstić information content (AvgIpc) is 2.37. The second kappa shape index (κ2) is 7.91. The van der Waals surface area contributed by atoms with E-state index in [0.29, 0.717) is 27.9 Å². The topological polar surface area (TPSA) is 29.1 Å². The first-order valence-electron chi connectivity index (χ1n) is 6.68. The van der Waals surface area contributed by atoms with E-state index < -0.39 is 0 Å². The number of hydrogen-bond acceptors (Lipinski definition) is 1. The van der Waals surface area contributed by atoms with Crippen LogP contribution in [0.1, 0.15) is 42.6 Å². The van der Waals surface area contributed by atoms with Crippen molar-refractivity contribution in [2.24, 2.45) is 5.92 Å². The molecular formula is C15H21BrClNO. The fraction of sp³-hybridized carbons (Fsp3) is 0.533. The van der Waals surface area contributed by atoms with Gasteiger partial charge in [0.15, 0.2) is 0 Å². The lowest BCUT2D eigenvalue weighted by Crippen LogP contribution is -2.33. The zero-order chi connectivity index (χ0) is 14.4. The average molecular weight is 347 g/mol. The van der Waals surface area contributed by atoms with E-state index in [1.807, 2.05) is 19.1 Å². The zero-order valence-electron chi connectivity index (χ0n) is 11.7. The Kier molecular flexibility index (Phi) is 6.87. The first-order chi connectivity index (χ1) is 8.99. The molecule has 1 atom stereocenters. The number of benzene rings is 1. The maximum atomic E-state index is 12.1. The first kappa shape index (κ1) is 16.5. The monoisotopic (exact) mass is 345 g/mol. The molecule has 0 aliphatic carbocycles. The molecule has 0 fully saturated rings. The van der Waals surface area contributed by atoms with Gasteiger partial charge in [0.05, 0.1) is 10.6 Å². The van der Waals surface area contributed by atoms with Crippen LogP contribution in [0.3, 0.4) is 0 Å². The van der Waals surface area contributed by atoms with Crippen molar-refractivity contribution < 1.29 is 4.79 Å². The van der Waals surface area contributed by atoms with E-state index in [1.165, 1.54) is 0 Å². The molecule has 0 aliphatic rings. The summed E-state index contributed by atoms with van der Waals surface area (Å²) >= 11 is 9.73. The van der Waals surface area contributed by atoms with Gasteiger partial charge in [0, 0.05) is 11.4 Å². The van der Waals surface area contributed by atoms with E-state index in [4.69, 9.17) is 11.6 Å². The van der Waals surface area contributed by atoms with Crippen molar-refractivity contribution in [1.29, 1.82) is 0 Å². The summed E-state index contributed by atoms with van der Waals surface area (Å²) in [5, 5.41) is 3.44. The van der Waals surface area contributed by atoms with Gasteiger partial charge in [0.1, 0.15) is 0 Å². The lowest BCUT2D eigenvalue weighted by atomic mass is 9.99. The van der Waals surface area contributed by atoms with Crippen LogP contribution < -0.4 is 5.32 Å². The van der Waals surface area contributed by atoms with Crippen LogP contribution in [0.5, 0.6) is 0 Å². The van der Waals surface area contributed by atoms with Crippen LogP contribution in [0, 0.1) is 12.8 Å². The van der Waals surface area contributed by atoms with E-state index in [2.05, 4.69) is 35.1 Å². The van der Waals surface area contributed by atoms with Crippen molar-refractivity contribution >= 4 is 33.4 Å². The van der Waals surface area contributed by atoms with Crippen molar-refractivity contribution in [2.45, 2.75) is 38.4 Å². The Morgan fingerprint density at radius 1 is 1.37 bits per heavy atom. The molecule has 1 aromatic carbocycles. The van der Waals surface area contributed by atoms with Gasteiger partial charge in [-0.2, -0.15) is 0 Å². The van der Waals surface area contributed by atoms with Gasteiger partial charge >= 0.3 is 0 Å². The predicted octanol–water partition coefficient (Wildman–Crippen LogP) is 4.58. The Morgan fingerprint density at radius 3 is 2.53 bits per heavy atom. The summed E-state index contributed by atoms with van der Waals surface area (Å²) in [6.45, 7) is 6.91. The second-order valence-corrected chi connectivity index (χ2v) is 6.37. The van der Waals surface area contributed by atoms with E-state index >= 15 is 0 Å². The molecule has 106 valence electrons. The molecule has 0 heterocycles. The van der Waals surface area contributed by atoms with E-state index in [1.54, 1.807) is 6.07 Å². The lowest BCUT2D eigenvalue weighted by Gasteiger charge is -2.20. The third-order valence-corrected chi connectivity index (χ3v) is 4.77. The summed E-state index contributed by atoms with van der Waals surface area (Å²) in [5.74, 6) is 0.467. The highest BCUT2D eigenvalue weighted by Crippen LogP contribution is 2.20. The Morgan fingerprint density at radius 2 is 2.00 bits per heavy atom. The molecule has 0 saturated carbocycles. The molecule has 1 N–H and O–H groups in total. The van der Waals surface area contributed by atoms with Crippen molar-refractivity contribution in [2.75, 3.05) is 6.54 Å². The highest BCUT2D eigenvalue weighted by molar-refractivity contribution is 9.09. The molecule has 19 heavy (non-hydrogen) atoms. The van der Waals surface area contributed by atoms with Crippen molar-refractivity contribution in [3.05, 3.63) is 34.3 Å². The Hall–Kier alpha value is -0.540. The van der Waals surface area contributed by atoms with Gasteiger partial charge in [-0.15, -0.1) is 0 Å². The predicted molar refractivity (Wildman–Crippen MR) is 85.3 cm³/mol. The van der Waals surface area contributed by atoms with Gasteiger partial charge in [0.2, 0.25) is 0 Å². The molecule has 0 spiro atoms. The number of carbonyl (C=O) groups is 1. The van der Waals surface area contributed by atoms with E-state index in [0.717, 1.165) is 18.4 Å². The molecule has 1 unspecified atom stereocenters. The van der Waals surface area contributed by atoms with Crippen molar-refractivity contribution in [1.82, 2.24) is 5.32 Å². The summed E-state index contributed by atoms with van der Waals surface area (Å²) < 4.78 is 0. The summed E-state index contributed by atoms with van der Waals surface area (Å²) in [4.78, 5) is 12.4. The molecule has 4 heteroatoms. The van der Waals surface area contributed by atoms with Gasteiger partial charge in [-0.05, 0) is 30.5 Å². The fourth-order valence-corrected chi connectivity index (χ4v) is 3.29. The fourth-order valence-electron chi connectivity index (χ4n) is 2.06. The van der Waals surface area contributed by atoms with Crippen LogP contribution in [0.25, 0.3) is 0 Å². The minimum atomic E-state index is -0.111. The SMILES string of the molecule is CCC(CC)C(Br)CNC(=O)c1ccc(C)cc1Cl. The molecule has 0 aromatic heterocycles. The Bertz CT molecular complexity index is 432. The molecule has 1 aromatic rings. The molecule has 2 nitrogen and oxygen atoms in total. The lowest BCUT2D eigenvalue weighted by molar-refractivity contribution is 0.0952. The van der Waals surface area contributed by atoms with Crippen LogP contribution in [0.4, 0.5) is 0 Å². The quantitative estimate of drug-likeness (QED) is 0.751. The van der Waals surface area contributed by atoms with Crippen LogP contribution in [0.2, 0.25) is 5.02 Å². The zero-order valence-corrected chi connectivity index (χ0v) is 14.0. The molecule has 1 amide bonds. The van der Waals surface area contributed by atoms with Gasteiger partial charge in [0.25, 0.3) is 5.91 Å². The maximum absolute atomic E-state index is 12.1. The van der Waals surface area contributed by atoms with Gasteiger partial charge in [-0.1, -0.05) is 60.3 Å². The third-order valence-electron chi connectivity index (χ3n) is 3.39. The number of halogens is 2. The van der Waals surface area contributed by atoms with E-state index in [9.17, 15) is 4.79 Å². The van der Waals surface area contributed by atoms with Crippen LogP contribution in [-0.2, 0) is 0 Å². The molecule has 0 aliphatic heterocycles. The van der Waals surface area contributed by atoms with Crippen LogP contribution >= 0.6 is 27.5 Å². The number of amides is 1. The van der Waals surface area contributed by atoms with Crippen LogP contribution in [-0.4, -0.2) is 17.3 Å². The third kappa shape index (κ3) is 4.81. The first-order valence-corrected chi connectivity index (χ1v) is 7.97. The number of rotatable bonds is 6. The van der Waals surface area contributed by atoms with Crippen molar-refractivity contribution in [3.63, 3.8) is 0 Å². The minimum Gasteiger partial charge on any atom is -0.351 e. The summed E-state index contributed by atoms with van der Waals surface area (Å²) in [6, 6.07) is 5.48. The number of hydrogen-bond donors (Lipinski definition) is 1. The standard InChI is InChI=1S/C15H21BrClNO/c1-4-11(5-2)13(16)9-18-15(19)12-7-6-10(3)8-14(12)17/h6-8,11,13H,4-5,9H2,1-3H3,(H,18,19). The molecular weight excluding hydrogens is 326 g/mol.